The van der Waals surface area contributed by atoms with Crippen LogP contribution >= 0.6 is 0 Å². The van der Waals surface area contributed by atoms with Gasteiger partial charge in [-0.1, -0.05) is 18.2 Å². The van der Waals surface area contributed by atoms with Crippen LogP contribution in [0.1, 0.15) is 15.9 Å². The third kappa shape index (κ3) is 3.45. The molecule has 0 aliphatic heterocycles. The number of rotatable bonds is 5. The van der Waals surface area contributed by atoms with Crippen molar-refractivity contribution in [3.63, 3.8) is 0 Å². The molecule has 0 heterocycles. The minimum Gasteiger partial charge on any atom is -0.496 e. The lowest BCUT2D eigenvalue weighted by Gasteiger charge is -2.13. The van der Waals surface area contributed by atoms with E-state index in [1.54, 1.807) is 30.3 Å². The van der Waals surface area contributed by atoms with E-state index < -0.39 is 0 Å². The summed E-state index contributed by atoms with van der Waals surface area (Å²) in [5.74, 6) is 0.703. The summed E-state index contributed by atoms with van der Waals surface area (Å²) in [6.07, 6.45) is 0. The second-order valence-corrected chi connectivity index (χ2v) is 4.46. The maximum atomic E-state index is 12.3. The zero-order chi connectivity index (χ0) is 15.2. The van der Waals surface area contributed by atoms with E-state index in [0.717, 1.165) is 5.56 Å². The Labute approximate surface area is 123 Å². The number of hydrogen-bond donors (Lipinski definition) is 2. The molecule has 5 nitrogen and oxygen atoms in total. The van der Waals surface area contributed by atoms with Gasteiger partial charge < -0.3 is 20.5 Å². The van der Waals surface area contributed by atoms with Gasteiger partial charge >= 0.3 is 0 Å². The number of methoxy groups -OCH3 is 2. The Kier molecular flexibility index (Phi) is 4.66. The molecule has 2 aromatic rings. The van der Waals surface area contributed by atoms with E-state index in [4.69, 9.17) is 15.2 Å². The number of ether oxygens (including phenoxy) is 2. The number of anilines is 1. The smallest absolute Gasteiger partial charge is 0.259 e. The maximum Gasteiger partial charge on any atom is 0.259 e. The quantitative estimate of drug-likeness (QED) is 0.827. The van der Waals surface area contributed by atoms with Crippen LogP contribution in [-0.2, 0) is 6.54 Å². The first-order valence-electron chi connectivity index (χ1n) is 6.49. The first-order valence-corrected chi connectivity index (χ1v) is 6.49. The Bertz CT molecular complexity index is 602. The van der Waals surface area contributed by atoms with Crippen LogP contribution in [0.25, 0.3) is 0 Å². The number of carbonyl (C=O) groups excluding carboxylic acids is 1. The average Bonchev–Trinajstić information content (AvgIpc) is 2.53. The van der Waals surface area contributed by atoms with Crippen molar-refractivity contribution in [2.24, 2.45) is 0 Å². The summed E-state index contributed by atoms with van der Waals surface area (Å²) >= 11 is 0. The monoisotopic (exact) mass is 286 g/mol. The molecular weight excluding hydrogens is 268 g/mol. The predicted octanol–water partition coefficient (Wildman–Crippen LogP) is 2.22. The van der Waals surface area contributed by atoms with E-state index in [2.05, 4.69) is 5.32 Å². The van der Waals surface area contributed by atoms with Crippen molar-refractivity contribution in [1.29, 1.82) is 0 Å². The standard InChI is InChI=1S/C16H18N2O3/c1-20-13-4-3-5-14(21-2)15(13)16(19)18-10-11-6-8-12(17)9-7-11/h3-9H,10,17H2,1-2H3,(H,18,19). The van der Waals surface area contributed by atoms with Crippen molar-refractivity contribution >= 4 is 11.6 Å². The molecule has 0 spiro atoms. The lowest BCUT2D eigenvalue weighted by Crippen LogP contribution is -2.24. The lowest BCUT2D eigenvalue weighted by molar-refractivity contribution is 0.0944. The van der Waals surface area contributed by atoms with Gasteiger partial charge in [0.05, 0.1) is 14.2 Å². The summed E-state index contributed by atoms with van der Waals surface area (Å²) in [6.45, 7) is 0.403. The summed E-state index contributed by atoms with van der Waals surface area (Å²) < 4.78 is 10.4. The van der Waals surface area contributed by atoms with E-state index in [1.807, 2.05) is 12.1 Å². The highest BCUT2D eigenvalue weighted by Gasteiger charge is 2.17. The van der Waals surface area contributed by atoms with Crippen molar-refractivity contribution in [1.82, 2.24) is 5.32 Å². The number of benzene rings is 2. The lowest BCUT2D eigenvalue weighted by atomic mass is 10.1. The van der Waals surface area contributed by atoms with E-state index in [-0.39, 0.29) is 5.91 Å². The van der Waals surface area contributed by atoms with Crippen LogP contribution in [0.2, 0.25) is 0 Å². The topological polar surface area (TPSA) is 73.6 Å². The van der Waals surface area contributed by atoms with Crippen LogP contribution in [-0.4, -0.2) is 20.1 Å². The highest BCUT2D eigenvalue weighted by molar-refractivity contribution is 5.99. The highest BCUT2D eigenvalue weighted by Crippen LogP contribution is 2.28. The van der Waals surface area contributed by atoms with Crippen molar-refractivity contribution in [2.45, 2.75) is 6.54 Å². The number of nitrogen functional groups attached to an aromatic ring is 1. The molecule has 0 saturated heterocycles. The molecule has 0 atom stereocenters. The molecule has 0 aromatic heterocycles. The Balaban J connectivity index is 2.15. The molecule has 0 unspecified atom stereocenters. The molecule has 0 aliphatic carbocycles. The first-order chi connectivity index (χ1) is 10.2. The van der Waals surface area contributed by atoms with Gasteiger partial charge in [-0.15, -0.1) is 0 Å². The molecule has 2 aromatic carbocycles. The second kappa shape index (κ2) is 6.65. The van der Waals surface area contributed by atoms with Crippen molar-refractivity contribution in [2.75, 3.05) is 20.0 Å². The fourth-order valence-electron chi connectivity index (χ4n) is 1.98. The Hall–Kier alpha value is -2.69. The zero-order valence-electron chi connectivity index (χ0n) is 12.1. The van der Waals surface area contributed by atoms with Crippen LogP contribution in [0.15, 0.2) is 42.5 Å². The van der Waals surface area contributed by atoms with Gasteiger partial charge in [-0.2, -0.15) is 0 Å². The van der Waals surface area contributed by atoms with Gasteiger partial charge in [0.25, 0.3) is 5.91 Å². The van der Waals surface area contributed by atoms with E-state index in [1.165, 1.54) is 14.2 Å². The molecule has 0 saturated carbocycles. The predicted molar refractivity (Wildman–Crippen MR) is 81.6 cm³/mol. The van der Waals surface area contributed by atoms with Gasteiger partial charge in [0.15, 0.2) is 0 Å². The molecule has 110 valence electrons. The number of nitrogens with one attached hydrogen (secondary N) is 1. The summed E-state index contributed by atoms with van der Waals surface area (Å²) in [5, 5.41) is 2.84. The van der Waals surface area contributed by atoms with E-state index in [0.29, 0.717) is 29.3 Å². The van der Waals surface area contributed by atoms with Crippen LogP contribution in [0.5, 0.6) is 11.5 Å². The molecule has 0 bridgehead atoms. The molecule has 2 rings (SSSR count). The summed E-state index contributed by atoms with van der Waals surface area (Å²) in [4.78, 5) is 12.3. The zero-order valence-corrected chi connectivity index (χ0v) is 12.1. The maximum absolute atomic E-state index is 12.3. The largest absolute Gasteiger partial charge is 0.496 e. The normalized spacial score (nSPS) is 10.0. The van der Waals surface area contributed by atoms with Gasteiger partial charge in [0, 0.05) is 12.2 Å². The summed E-state index contributed by atoms with van der Waals surface area (Å²) in [6, 6.07) is 12.6. The van der Waals surface area contributed by atoms with Crippen LogP contribution in [0, 0.1) is 0 Å². The van der Waals surface area contributed by atoms with Gasteiger partial charge in [0.1, 0.15) is 17.1 Å². The van der Waals surface area contributed by atoms with Gasteiger partial charge in [0.2, 0.25) is 0 Å². The van der Waals surface area contributed by atoms with Gasteiger partial charge in [-0.3, -0.25) is 4.79 Å². The molecule has 0 fully saturated rings. The summed E-state index contributed by atoms with van der Waals surface area (Å²) in [7, 11) is 3.04. The van der Waals surface area contributed by atoms with E-state index >= 15 is 0 Å². The third-order valence-corrected chi connectivity index (χ3v) is 3.09. The molecule has 21 heavy (non-hydrogen) atoms. The molecule has 0 aliphatic rings. The Morgan fingerprint density at radius 2 is 1.62 bits per heavy atom. The van der Waals surface area contributed by atoms with Crippen LogP contribution in [0.4, 0.5) is 5.69 Å². The Morgan fingerprint density at radius 1 is 1.05 bits per heavy atom. The Morgan fingerprint density at radius 3 is 2.14 bits per heavy atom. The number of nitrogens with two attached hydrogens (primary N) is 1. The number of carbonyl (C=O) groups is 1. The van der Waals surface area contributed by atoms with Crippen molar-refractivity contribution in [3.05, 3.63) is 53.6 Å². The summed E-state index contributed by atoms with van der Waals surface area (Å²) in [5.41, 5.74) is 7.67. The van der Waals surface area contributed by atoms with Crippen LogP contribution in [0.3, 0.4) is 0 Å². The molecule has 1 amide bonds. The van der Waals surface area contributed by atoms with Crippen LogP contribution < -0.4 is 20.5 Å². The number of amides is 1. The molecule has 5 heteroatoms. The first kappa shape index (κ1) is 14.7. The van der Waals surface area contributed by atoms with E-state index in [9.17, 15) is 4.79 Å². The molecule has 0 radical (unpaired) electrons. The number of hydrogen-bond acceptors (Lipinski definition) is 4. The fourth-order valence-corrected chi connectivity index (χ4v) is 1.98. The van der Waals surface area contributed by atoms with Gasteiger partial charge in [-0.25, -0.2) is 0 Å². The second-order valence-electron chi connectivity index (χ2n) is 4.46. The minimum atomic E-state index is -0.249. The highest BCUT2D eigenvalue weighted by atomic mass is 16.5. The van der Waals surface area contributed by atoms with Crippen molar-refractivity contribution in [3.8, 4) is 11.5 Å². The molecule has 3 N–H and O–H groups in total. The fraction of sp³-hybridized carbons (Fsp3) is 0.188. The van der Waals surface area contributed by atoms with Gasteiger partial charge in [-0.05, 0) is 29.8 Å². The van der Waals surface area contributed by atoms with Crippen molar-refractivity contribution < 1.29 is 14.3 Å². The third-order valence-electron chi connectivity index (χ3n) is 3.09. The minimum absolute atomic E-state index is 0.249. The molecular formula is C16H18N2O3. The SMILES string of the molecule is COc1cccc(OC)c1C(=O)NCc1ccc(N)cc1. The average molecular weight is 286 g/mol.